The molecule has 8 heteroatoms. The quantitative estimate of drug-likeness (QED) is 0.416. The smallest absolute Gasteiger partial charge is 0.294 e. The first-order valence-electron chi connectivity index (χ1n) is 7.79. The third kappa shape index (κ3) is 8.20. The normalized spacial score (nSPS) is 15.1. The summed E-state index contributed by atoms with van der Waals surface area (Å²) in [5.41, 5.74) is 5.07. The van der Waals surface area contributed by atoms with Crippen LogP contribution in [0.4, 0.5) is 0 Å². The van der Waals surface area contributed by atoms with E-state index in [1.807, 2.05) is 13.8 Å². The first-order chi connectivity index (χ1) is 10.3. The molecular weight excluding hydrogens is 321 g/mol. The van der Waals surface area contributed by atoms with Crippen molar-refractivity contribution in [2.75, 3.05) is 14.1 Å². The van der Waals surface area contributed by atoms with E-state index in [2.05, 4.69) is 5.09 Å². The van der Waals surface area contributed by atoms with Gasteiger partial charge in [-0.15, -0.1) is 0 Å². The summed E-state index contributed by atoms with van der Waals surface area (Å²) in [5.74, 6) is -0.392. The van der Waals surface area contributed by atoms with Gasteiger partial charge in [0, 0.05) is 25.1 Å². The van der Waals surface area contributed by atoms with Crippen molar-refractivity contribution in [3.63, 3.8) is 0 Å². The molecule has 0 spiro atoms. The second-order valence-electron chi connectivity index (χ2n) is 5.37. The molecule has 0 saturated heterocycles. The fourth-order valence-electron chi connectivity index (χ4n) is 1.83. The van der Waals surface area contributed by atoms with Crippen LogP contribution in [0.15, 0.2) is 0 Å². The van der Waals surface area contributed by atoms with Gasteiger partial charge in [0.2, 0.25) is 11.8 Å². The Morgan fingerprint density at radius 2 is 1.77 bits per heavy atom. The van der Waals surface area contributed by atoms with Crippen molar-refractivity contribution in [2.24, 2.45) is 5.73 Å². The highest BCUT2D eigenvalue weighted by atomic mass is 32.7. The molecule has 0 saturated carbocycles. The lowest BCUT2D eigenvalue weighted by Crippen LogP contribution is -2.28. The minimum atomic E-state index is -2.91. The van der Waals surface area contributed by atoms with Crippen LogP contribution in [0.3, 0.4) is 0 Å². The maximum absolute atomic E-state index is 12.8. The number of nitrogens with zero attached hydrogens (tertiary/aromatic N) is 1. The minimum absolute atomic E-state index is 0.108. The average molecular weight is 351 g/mol. The van der Waals surface area contributed by atoms with Crippen LogP contribution in [0.1, 0.15) is 58.8 Å². The number of nitrogens with one attached hydrogen (secondary N) is 1. The number of amides is 2. The molecule has 2 atom stereocenters. The highest BCUT2D eigenvalue weighted by Gasteiger charge is 2.31. The van der Waals surface area contributed by atoms with E-state index in [9.17, 15) is 14.2 Å². The van der Waals surface area contributed by atoms with Crippen LogP contribution < -0.4 is 10.8 Å². The summed E-state index contributed by atoms with van der Waals surface area (Å²) in [6, 6.07) is 0. The Labute approximate surface area is 138 Å². The largest absolute Gasteiger partial charge is 0.370 e. The first kappa shape index (κ1) is 21.5. The summed E-state index contributed by atoms with van der Waals surface area (Å²) in [6.45, 7) is 1.13. The molecule has 2 amide bonds. The van der Waals surface area contributed by atoms with Crippen LogP contribution in [0.2, 0.25) is 0 Å². The standard InChI is InChI=1S/C14H30N3O3PS/c1-5-12(2)22-21(20,16-3)17(4)14(19)11-9-7-6-8-10-13(15)18/h12H,5-11H2,1-4H3,(H2,15,18)(H,16,20). The Balaban J connectivity index is 4.22. The number of carbonyl (C=O) groups excluding carboxylic acids is 2. The number of nitrogens with two attached hydrogens (primary N) is 1. The first-order valence-corrected chi connectivity index (χ1v) is 10.9. The predicted molar refractivity (Wildman–Crippen MR) is 93.7 cm³/mol. The van der Waals surface area contributed by atoms with Gasteiger partial charge in [-0.1, -0.05) is 38.1 Å². The van der Waals surface area contributed by atoms with Crippen molar-refractivity contribution < 1.29 is 14.2 Å². The molecule has 0 aromatic heterocycles. The molecule has 0 bridgehead atoms. The summed E-state index contributed by atoms with van der Waals surface area (Å²) in [4.78, 5) is 22.8. The Bertz CT molecular complexity index is 407. The van der Waals surface area contributed by atoms with Gasteiger partial charge in [0.15, 0.2) is 0 Å². The molecule has 130 valence electrons. The molecule has 0 aliphatic rings. The van der Waals surface area contributed by atoms with E-state index in [4.69, 9.17) is 5.73 Å². The molecule has 0 fully saturated rings. The van der Waals surface area contributed by atoms with Gasteiger partial charge in [0.05, 0.1) is 0 Å². The van der Waals surface area contributed by atoms with E-state index >= 15 is 0 Å². The molecule has 0 rings (SSSR count). The zero-order valence-corrected chi connectivity index (χ0v) is 15.8. The lowest BCUT2D eigenvalue weighted by molar-refractivity contribution is -0.126. The molecule has 6 nitrogen and oxygen atoms in total. The molecule has 0 aromatic rings. The van der Waals surface area contributed by atoms with Crippen molar-refractivity contribution in [2.45, 2.75) is 64.0 Å². The fraction of sp³-hybridized carbons (Fsp3) is 0.857. The average Bonchev–Trinajstić information content (AvgIpc) is 2.48. The highest BCUT2D eigenvalue weighted by molar-refractivity contribution is 8.57. The van der Waals surface area contributed by atoms with Crippen LogP contribution in [0.5, 0.6) is 0 Å². The third-order valence-corrected chi connectivity index (χ3v) is 9.28. The zero-order valence-electron chi connectivity index (χ0n) is 14.1. The van der Waals surface area contributed by atoms with Crippen molar-refractivity contribution in [3.05, 3.63) is 0 Å². The van der Waals surface area contributed by atoms with Crippen molar-refractivity contribution in [1.82, 2.24) is 9.76 Å². The lowest BCUT2D eigenvalue weighted by Gasteiger charge is -2.28. The van der Waals surface area contributed by atoms with Gasteiger partial charge in [0.25, 0.3) is 6.65 Å². The van der Waals surface area contributed by atoms with Gasteiger partial charge in [0.1, 0.15) is 0 Å². The SMILES string of the molecule is CCC(C)SP(=O)(NC)N(C)C(=O)CCCCCCC(N)=O. The number of rotatable bonds is 12. The van der Waals surface area contributed by atoms with Gasteiger partial charge in [-0.05, 0) is 26.3 Å². The summed E-state index contributed by atoms with van der Waals surface area (Å²) < 4.78 is 14.2. The Hall–Kier alpha value is -0.520. The second-order valence-corrected chi connectivity index (χ2v) is 10.6. The lowest BCUT2D eigenvalue weighted by atomic mass is 10.1. The van der Waals surface area contributed by atoms with Crippen LogP contribution >= 0.6 is 18.0 Å². The van der Waals surface area contributed by atoms with Gasteiger partial charge < -0.3 is 5.73 Å². The fourth-order valence-corrected chi connectivity index (χ4v) is 6.33. The van der Waals surface area contributed by atoms with E-state index in [1.54, 1.807) is 14.1 Å². The van der Waals surface area contributed by atoms with Gasteiger partial charge >= 0.3 is 0 Å². The number of primary amides is 1. The van der Waals surface area contributed by atoms with Crippen molar-refractivity contribution in [1.29, 1.82) is 0 Å². The van der Waals surface area contributed by atoms with Crippen molar-refractivity contribution in [3.8, 4) is 0 Å². The molecular formula is C14H30N3O3PS. The van der Waals surface area contributed by atoms with Crippen LogP contribution in [0, 0.1) is 0 Å². The summed E-state index contributed by atoms with van der Waals surface area (Å²) in [7, 11) is 3.23. The molecule has 3 N–H and O–H groups in total. The summed E-state index contributed by atoms with van der Waals surface area (Å²) in [6.07, 6.45) is 4.92. The van der Waals surface area contributed by atoms with E-state index in [-0.39, 0.29) is 17.1 Å². The summed E-state index contributed by atoms with van der Waals surface area (Å²) >= 11 is 1.33. The van der Waals surface area contributed by atoms with Crippen LogP contribution in [-0.2, 0) is 14.2 Å². The van der Waals surface area contributed by atoms with Gasteiger partial charge in [-0.2, -0.15) is 0 Å². The number of unbranched alkanes of at least 4 members (excludes halogenated alkanes) is 3. The molecule has 0 aliphatic heterocycles. The van der Waals surface area contributed by atoms with Crippen LogP contribution in [0.25, 0.3) is 0 Å². The van der Waals surface area contributed by atoms with E-state index < -0.39 is 6.65 Å². The van der Waals surface area contributed by atoms with Crippen LogP contribution in [-0.4, -0.2) is 35.8 Å². The monoisotopic (exact) mass is 351 g/mol. The van der Waals surface area contributed by atoms with Gasteiger partial charge in [-0.25, -0.2) is 5.09 Å². The molecule has 0 aliphatic carbocycles. The summed E-state index contributed by atoms with van der Waals surface area (Å²) in [5, 5.41) is 3.04. The maximum Gasteiger partial charge on any atom is 0.294 e. The van der Waals surface area contributed by atoms with E-state index in [1.165, 1.54) is 16.1 Å². The minimum Gasteiger partial charge on any atom is -0.370 e. The predicted octanol–water partition coefficient (Wildman–Crippen LogP) is 3.13. The Morgan fingerprint density at radius 3 is 2.23 bits per heavy atom. The zero-order chi connectivity index (χ0) is 17.2. The van der Waals surface area contributed by atoms with Crippen molar-refractivity contribution >= 4 is 29.8 Å². The Kier molecular flexibility index (Phi) is 10.8. The molecule has 22 heavy (non-hydrogen) atoms. The molecule has 2 unspecified atom stereocenters. The molecule has 0 radical (unpaired) electrons. The second kappa shape index (κ2) is 11.1. The number of hydrogen-bond acceptors (Lipinski definition) is 4. The molecule has 0 heterocycles. The van der Waals surface area contributed by atoms with Gasteiger partial charge in [-0.3, -0.25) is 18.8 Å². The number of hydrogen-bond donors (Lipinski definition) is 2. The Morgan fingerprint density at radius 1 is 1.23 bits per heavy atom. The molecule has 0 aromatic carbocycles. The third-order valence-electron chi connectivity index (χ3n) is 3.50. The topological polar surface area (TPSA) is 92.5 Å². The number of carbonyl (C=O) groups is 2. The van der Waals surface area contributed by atoms with E-state index in [0.29, 0.717) is 12.8 Å². The van der Waals surface area contributed by atoms with E-state index in [0.717, 1.165) is 32.1 Å². The highest BCUT2D eigenvalue weighted by Crippen LogP contribution is 2.59. The maximum atomic E-state index is 12.8.